The molecule has 0 bridgehead atoms. The van der Waals surface area contributed by atoms with Crippen LogP contribution in [0, 0.1) is 6.92 Å². The fourth-order valence-electron chi connectivity index (χ4n) is 1.79. The van der Waals surface area contributed by atoms with Crippen molar-refractivity contribution in [3.8, 4) is 0 Å². The lowest BCUT2D eigenvalue weighted by Crippen LogP contribution is -2.00. The minimum atomic E-state index is 0.662. The molecule has 0 saturated carbocycles. The monoisotopic (exact) mass is 191 g/mol. The minimum absolute atomic E-state index is 0.662. The summed E-state index contributed by atoms with van der Waals surface area (Å²) < 4.78 is 0. The molecule has 0 aliphatic heterocycles. The Morgan fingerprint density at radius 2 is 2.14 bits per heavy atom. The first-order valence-corrected chi connectivity index (χ1v) is 5.70. The smallest absolute Gasteiger partial charge is 0.0437 e. The first-order valence-electron chi connectivity index (χ1n) is 5.70. The summed E-state index contributed by atoms with van der Waals surface area (Å²) in [4.78, 5) is 4.46. The van der Waals surface area contributed by atoms with Crippen molar-refractivity contribution in [2.24, 2.45) is 0 Å². The van der Waals surface area contributed by atoms with Crippen LogP contribution in [0.3, 0.4) is 0 Å². The maximum Gasteiger partial charge on any atom is 0.0437 e. The molecule has 1 aromatic heterocycles. The van der Waals surface area contributed by atoms with Gasteiger partial charge < -0.3 is 0 Å². The van der Waals surface area contributed by atoms with E-state index < -0.39 is 0 Å². The molecule has 0 saturated heterocycles. The summed E-state index contributed by atoms with van der Waals surface area (Å²) in [6.07, 6.45) is 7.01. The molecule has 0 aliphatic rings. The first-order chi connectivity index (χ1) is 6.77. The zero-order valence-electron chi connectivity index (χ0n) is 9.59. The zero-order chi connectivity index (χ0) is 10.4. The summed E-state index contributed by atoms with van der Waals surface area (Å²) in [5.41, 5.74) is 2.60. The third kappa shape index (κ3) is 3.13. The molecule has 0 fully saturated rings. The maximum absolute atomic E-state index is 4.46. The maximum atomic E-state index is 4.46. The molecule has 78 valence electrons. The van der Waals surface area contributed by atoms with Crippen LogP contribution in [0.5, 0.6) is 0 Å². The van der Waals surface area contributed by atoms with Crippen LogP contribution in [0.1, 0.15) is 56.7 Å². The lowest BCUT2D eigenvalue weighted by atomic mass is 9.95. The van der Waals surface area contributed by atoms with E-state index in [1.54, 1.807) is 0 Å². The predicted molar refractivity (Wildman–Crippen MR) is 61.5 cm³/mol. The molecule has 0 radical (unpaired) electrons. The number of aromatic nitrogens is 1. The number of hydrogen-bond donors (Lipinski definition) is 0. The van der Waals surface area contributed by atoms with Gasteiger partial charge in [-0.1, -0.05) is 26.7 Å². The van der Waals surface area contributed by atoms with Gasteiger partial charge in [0.15, 0.2) is 0 Å². The second-order valence-corrected chi connectivity index (χ2v) is 4.01. The largest absolute Gasteiger partial charge is 0.261 e. The summed E-state index contributed by atoms with van der Waals surface area (Å²) in [6.45, 7) is 6.64. The Hall–Kier alpha value is -0.850. The molecule has 0 spiro atoms. The Morgan fingerprint density at radius 1 is 1.36 bits per heavy atom. The highest BCUT2D eigenvalue weighted by molar-refractivity contribution is 5.17. The summed E-state index contributed by atoms with van der Waals surface area (Å²) in [7, 11) is 0. The molecule has 1 unspecified atom stereocenters. The lowest BCUT2D eigenvalue weighted by Gasteiger charge is -2.13. The molecule has 0 amide bonds. The SMILES string of the molecule is CCCCC(CC)c1cc(C)ccn1. The molecule has 1 heterocycles. The number of hydrogen-bond acceptors (Lipinski definition) is 1. The van der Waals surface area contributed by atoms with Crippen LogP contribution in [0.15, 0.2) is 18.3 Å². The Balaban J connectivity index is 2.68. The molecule has 1 atom stereocenters. The van der Waals surface area contributed by atoms with Crippen LogP contribution in [-0.4, -0.2) is 4.98 Å². The van der Waals surface area contributed by atoms with E-state index in [0.717, 1.165) is 0 Å². The molecule has 1 aromatic rings. The predicted octanol–water partition coefficient (Wildman–Crippen LogP) is 4.07. The molecule has 1 rings (SSSR count). The third-order valence-corrected chi connectivity index (χ3v) is 2.75. The van der Waals surface area contributed by atoms with Crippen molar-refractivity contribution >= 4 is 0 Å². The topological polar surface area (TPSA) is 12.9 Å². The normalized spacial score (nSPS) is 12.8. The molecule has 0 aromatic carbocycles. The van der Waals surface area contributed by atoms with E-state index in [9.17, 15) is 0 Å². The minimum Gasteiger partial charge on any atom is -0.261 e. The summed E-state index contributed by atoms with van der Waals surface area (Å²) >= 11 is 0. The lowest BCUT2D eigenvalue weighted by molar-refractivity contribution is 0.557. The van der Waals surface area contributed by atoms with Crippen molar-refractivity contribution < 1.29 is 0 Å². The standard InChI is InChI=1S/C13H21N/c1-4-6-7-12(5-2)13-10-11(3)8-9-14-13/h8-10,12H,4-7H2,1-3H3. The number of nitrogens with zero attached hydrogens (tertiary/aromatic N) is 1. The second-order valence-electron chi connectivity index (χ2n) is 4.01. The van der Waals surface area contributed by atoms with E-state index in [4.69, 9.17) is 0 Å². The molecule has 1 nitrogen and oxygen atoms in total. The van der Waals surface area contributed by atoms with E-state index in [0.29, 0.717) is 5.92 Å². The number of pyridine rings is 1. The van der Waals surface area contributed by atoms with Gasteiger partial charge in [-0.2, -0.15) is 0 Å². The van der Waals surface area contributed by atoms with Gasteiger partial charge in [-0.3, -0.25) is 4.98 Å². The van der Waals surface area contributed by atoms with Gasteiger partial charge in [0.05, 0.1) is 0 Å². The van der Waals surface area contributed by atoms with Crippen LogP contribution in [0.25, 0.3) is 0 Å². The summed E-state index contributed by atoms with van der Waals surface area (Å²) in [5.74, 6) is 0.662. The van der Waals surface area contributed by atoms with Crippen LogP contribution in [0.4, 0.5) is 0 Å². The summed E-state index contributed by atoms with van der Waals surface area (Å²) in [6, 6.07) is 4.29. The second kappa shape index (κ2) is 5.79. The fraction of sp³-hybridized carbons (Fsp3) is 0.615. The molecular formula is C13H21N. The Labute approximate surface area is 87.6 Å². The van der Waals surface area contributed by atoms with Gasteiger partial charge in [-0.05, 0) is 37.5 Å². The highest BCUT2D eigenvalue weighted by Crippen LogP contribution is 2.23. The van der Waals surface area contributed by atoms with Crippen molar-refractivity contribution in [2.75, 3.05) is 0 Å². The Bertz CT molecular complexity index is 268. The van der Waals surface area contributed by atoms with E-state index in [2.05, 4.69) is 37.9 Å². The molecule has 1 heteroatoms. The van der Waals surface area contributed by atoms with Gasteiger partial charge >= 0.3 is 0 Å². The van der Waals surface area contributed by atoms with Crippen LogP contribution >= 0.6 is 0 Å². The van der Waals surface area contributed by atoms with Gasteiger partial charge in [0.2, 0.25) is 0 Å². The third-order valence-electron chi connectivity index (χ3n) is 2.75. The van der Waals surface area contributed by atoms with Crippen molar-refractivity contribution in [1.82, 2.24) is 4.98 Å². The summed E-state index contributed by atoms with van der Waals surface area (Å²) in [5, 5.41) is 0. The molecule has 14 heavy (non-hydrogen) atoms. The van der Waals surface area contributed by atoms with Crippen molar-refractivity contribution in [3.05, 3.63) is 29.6 Å². The van der Waals surface area contributed by atoms with E-state index in [1.165, 1.54) is 36.9 Å². The van der Waals surface area contributed by atoms with Gasteiger partial charge in [-0.25, -0.2) is 0 Å². The van der Waals surface area contributed by atoms with Crippen LogP contribution < -0.4 is 0 Å². The quantitative estimate of drug-likeness (QED) is 0.683. The Kier molecular flexibility index (Phi) is 4.64. The highest BCUT2D eigenvalue weighted by atomic mass is 14.7. The number of rotatable bonds is 5. The van der Waals surface area contributed by atoms with Crippen molar-refractivity contribution in [2.45, 2.75) is 52.4 Å². The van der Waals surface area contributed by atoms with E-state index in [-0.39, 0.29) is 0 Å². The van der Waals surface area contributed by atoms with E-state index >= 15 is 0 Å². The highest BCUT2D eigenvalue weighted by Gasteiger charge is 2.09. The average molecular weight is 191 g/mol. The number of aryl methyl sites for hydroxylation is 1. The number of unbranched alkanes of at least 4 members (excludes halogenated alkanes) is 1. The molecule has 0 aliphatic carbocycles. The average Bonchev–Trinajstić information content (AvgIpc) is 2.19. The first kappa shape index (κ1) is 11.2. The van der Waals surface area contributed by atoms with Crippen LogP contribution in [0.2, 0.25) is 0 Å². The van der Waals surface area contributed by atoms with Gasteiger partial charge in [0.25, 0.3) is 0 Å². The van der Waals surface area contributed by atoms with Gasteiger partial charge in [0.1, 0.15) is 0 Å². The molecular weight excluding hydrogens is 170 g/mol. The fourth-order valence-corrected chi connectivity index (χ4v) is 1.79. The van der Waals surface area contributed by atoms with Crippen LogP contribution in [-0.2, 0) is 0 Å². The van der Waals surface area contributed by atoms with Crippen molar-refractivity contribution in [3.63, 3.8) is 0 Å². The van der Waals surface area contributed by atoms with Gasteiger partial charge in [-0.15, -0.1) is 0 Å². The Morgan fingerprint density at radius 3 is 2.71 bits per heavy atom. The van der Waals surface area contributed by atoms with E-state index in [1.807, 2.05) is 6.20 Å². The molecule has 0 N–H and O–H groups in total. The van der Waals surface area contributed by atoms with Gasteiger partial charge in [0, 0.05) is 17.8 Å². The van der Waals surface area contributed by atoms with Crippen molar-refractivity contribution in [1.29, 1.82) is 0 Å². The zero-order valence-corrected chi connectivity index (χ0v) is 9.59.